The lowest BCUT2D eigenvalue weighted by molar-refractivity contribution is -0.385. The maximum absolute atomic E-state index is 11.0. The molecule has 1 aliphatic heterocycles. The Bertz CT molecular complexity index is 493. The van der Waals surface area contributed by atoms with Crippen molar-refractivity contribution in [2.45, 2.75) is 25.4 Å². The van der Waals surface area contributed by atoms with Crippen LogP contribution in [0.1, 0.15) is 18.4 Å². The second-order valence-corrected chi connectivity index (χ2v) is 6.39. The Labute approximate surface area is 127 Å². The maximum Gasteiger partial charge on any atom is 0.283 e. The molecule has 1 atom stereocenters. The summed E-state index contributed by atoms with van der Waals surface area (Å²) in [5, 5.41) is 11.0. The minimum Gasteiger partial charge on any atom is -0.305 e. The predicted octanol–water partition coefficient (Wildman–Crippen LogP) is 2.88. The van der Waals surface area contributed by atoms with Gasteiger partial charge >= 0.3 is 0 Å². The zero-order valence-corrected chi connectivity index (χ0v) is 13.5. The van der Waals surface area contributed by atoms with Crippen LogP contribution in [0.15, 0.2) is 22.7 Å². The Balaban J connectivity index is 2.06. The van der Waals surface area contributed by atoms with E-state index in [0.29, 0.717) is 10.5 Å². The van der Waals surface area contributed by atoms with E-state index in [1.165, 1.54) is 12.8 Å². The van der Waals surface area contributed by atoms with E-state index in [-0.39, 0.29) is 10.6 Å². The molecule has 0 spiro atoms. The molecule has 0 saturated carbocycles. The highest BCUT2D eigenvalue weighted by Gasteiger charge is 2.22. The molecule has 0 aromatic heterocycles. The highest BCUT2D eigenvalue weighted by atomic mass is 79.9. The van der Waals surface area contributed by atoms with E-state index in [4.69, 9.17) is 0 Å². The van der Waals surface area contributed by atoms with Crippen LogP contribution in [0.3, 0.4) is 0 Å². The van der Waals surface area contributed by atoms with E-state index in [0.717, 1.165) is 25.2 Å². The van der Waals surface area contributed by atoms with E-state index < -0.39 is 0 Å². The van der Waals surface area contributed by atoms with Crippen molar-refractivity contribution in [3.05, 3.63) is 38.3 Å². The molecule has 0 amide bonds. The average Bonchev–Trinajstić information content (AvgIpc) is 2.41. The van der Waals surface area contributed by atoms with Crippen molar-refractivity contribution in [3.8, 4) is 0 Å². The molecule has 0 N–H and O–H groups in total. The Kier molecular flexibility index (Phi) is 5.12. The number of hydrogen-bond donors (Lipinski definition) is 0. The first-order valence-electron chi connectivity index (χ1n) is 6.79. The van der Waals surface area contributed by atoms with Gasteiger partial charge in [0.1, 0.15) is 0 Å². The van der Waals surface area contributed by atoms with Gasteiger partial charge < -0.3 is 4.90 Å². The molecule has 1 aromatic carbocycles. The topological polar surface area (TPSA) is 49.6 Å². The first-order valence-corrected chi connectivity index (χ1v) is 7.58. The third-order valence-corrected chi connectivity index (χ3v) is 4.49. The predicted molar refractivity (Wildman–Crippen MR) is 82.8 cm³/mol. The second kappa shape index (κ2) is 6.65. The Hall–Kier alpha value is -0.980. The van der Waals surface area contributed by atoms with Crippen LogP contribution in [0.4, 0.5) is 5.69 Å². The number of halogens is 1. The summed E-state index contributed by atoms with van der Waals surface area (Å²) < 4.78 is 0.538. The third kappa shape index (κ3) is 3.77. The lowest BCUT2D eigenvalue weighted by Gasteiger charge is -2.36. The number of rotatable bonds is 4. The molecule has 110 valence electrons. The molecular formula is C14H20BrN3O2. The summed E-state index contributed by atoms with van der Waals surface area (Å²) >= 11 is 3.22. The van der Waals surface area contributed by atoms with Gasteiger partial charge in [0.2, 0.25) is 0 Å². The number of piperidine rings is 1. The molecule has 5 nitrogen and oxygen atoms in total. The second-order valence-electron chi connectivity index (χ2n) is 5.54. The molecule has 1 saturated heterocycles. The van der Waals surface area contributed by atoms with Gasteiger partial charge in [-0.1, -0.05) is 6.07 Å². The number of hydrogen-bond acceptors (Lipinski definition) is 4. The van der Waals surface area contributed by atoms with Crippen LogP contribution in [0.2, 0.25) is 0 Å². The summed E-state index contributed by atoms with van der Waals surface area (Å²) in [7, 11) is 4.22. The molecule has 1 fully saturated rings. The van der Waals surface area contributed by atoms with Gasteiger partial charge in [0.05, 0.1) is 9.40 Å². The van der Waals surface area contributed by atoms with Crippen molar-refractivity contribution in [1.82, 2.24) is 9.80 Å². The van der Waals surface area contributed by atoms with Crippen LogP contribution in [-0.2, 0) is 6.54 Å². The smallest absolute Gasteiger partial charge is 0.283 e. The lowest BCUT2D eigenvalue weighted by atomic mass is 10.0. The highest BCUT2D eigenvalue weighted by molar-refractivity contribution is 9.10. The fraction of sp³-hybridized carbons (Fsp3) is 0.571. The largest absolute Gasteiger partial charge is 0.305 e. The zero-order valence-electron chi connectivity index (χ0n) is 11.9. The SMILES string of the molecule is CN(C)C1CCCN(Cc2ccc(Br)c([N+](=O)[O-])c2)C1. The fourth-order valence-corrected chi connectivity index (χ4v) is 3.04. The molecule has 0 radical (unpaired) electrons. The van der Waals surface area contributed by atoms with Crippen molar-refractivity contribution in [3.63, 3.8) is 0 Å². The van der Waals surface area contributed by atoms with Crippen LogP contribution in [0.5, 0.6) is 0 Å². The molecule has 1 aromatic rings. The van der Waals surface area contributed by atoms with E-state index in [2.05, 4.69) is 39.8 Å². The first kappa shape index (κ1) is 15.4. The van der Waals surface area contributed by atoms with Gasteiger partial charge in [-0.15, -0.1) is 0 Å². The normalized spacial score (nSPS) is 20.3. The number of likely N-dealkylation sites (N-methyl/N-ethyl adjacent to an activating group) is 1. The summed E-state index contributed by atoms with van der Waals surface area (Å²) in [4.78, 5) is 15.3. The van der Waals surface area contributed by atoms with Gasteiger partial charge in [0, 0.05) is 25.2 Å². The molecule has 0 aliphatic carbocycles. The van der Waals surface area contributed by atoms with Gasteiger partial charge in [-0.05, 0) is 61.0 Å². The summed E-state index contributed by atoms with van der Waals surface area (Å²) in [6.45, 7) is 2.86. The zero-order chi connectivity index (χ0) is 14.7. The highest BCUT2D eigenvalue weighted by Crippen LogP contribution is 2.26. The van der Waals surface area contributed by atoms with Crippen molar-refractivity contribution in [1.29, 1.82) is 0 Å². The van der Waals surface area contributed by atoms with Crippen LogP contribution in [0.25, 0.3) is 0 Å². The van der Waals surface area contributed by atoms with Gasteiger partial charge in [0.15, 0.2) is 0 Å². The Morgan fingerprint density at radius 2 is 2.25 bits per heavy atom. The molecule has 1 aliphatic rings. The lowest BCUT2D eigenvalue weighted by Crippen LogP contribution is -2.44. The quantitative estimate of drug-likeness (QED) is 0.624. The van der Waals surface area contributed by atoms with Crippen LogP contribution >= 0.6 is 15.9 Å². The first-order chi connectivity index (χ1) is 9.47. The molecule has 1 heterocycles. The minimum absolute atomic E-state index is 0.142. The summed E-state index contributed by atoms with van der Waals surface area (Å²) in [5.74, 6) is 0. The molecule has 6 heteroatoms. The summed E-state index contributed by atoms with van der Waals surface area (Å²) in [6.07, 6.45) is 2.41. The number of nitro benzene ring substituents is 1. The Morgan fingerprint density at radius 3 is 2.90 bits per heavy atom. The number of benzene rings is 1. The van der Waals surface area contributed by atoms with Crippen LogP contribution in [-0.4, -0.2) is 47.9 Å². The van der Waals surface area contributed by atoms with Gasteiger partial charge in [-0.3, -0.25) is 15.0 Å². The fourth-order valence-electron chi connectivity index (χ4n) is 2.65. The van der Waals surface area contributed by atoms with E-state index in [9.17, 15) is 10.1 Å². The Morgan fingerprint density at radius 1 is 1.50 bits per heavy atom. The molecule has 1 unspecified atom stereocenters. The third-order valence-electron chi connectivity index (χ3n) is 3.82. The van der Waals surface area contributed by atoms with Crippen LogP contribution in [0, 0.1) is 10.1 Å². The van der Waals surface area contributed by atoms with Crippen molar-refractivity contribution in [2.75, 3.05) is 27.2 Å². The monoisotopic (exact) mass is 341 g/mol. The number of nitro groups is 1. The molecule has 20 heavy (non-hydrogen) atoms. The standard InChI is InChI=1S/C14H20BrN3O2/c1-16(2)12-4-3-7-17(10-12)9-11-5-6-13(15)14(8-11)18(19)20/h5-6,8,12H,3-4,7,9-10H2,1-2H3. The maximum atomic E-state index is 11.0. The van der Waals surface area contributed by atoms with Gasteiger partial charge in [-0.2, -0.15) is 0 Å². The van der Waals surface area contributed by atoms with Gasteiger partial charge in [-0.25, -0.2) is 0 Å². The van der Waals surface area contributed by atoms with E-state index >= 15 is 0 Å². The molecule has 2 rings (SSSR count). The summed E-state index contributed by atoms with van der Waals surface area (Å²) in [5.41, 5.74) is 1.14. The van der Waals surface area contributed by atoms with Gasteiger partial charge in [0.25, 0.3) is 5.69 Å². The van der Waals surface area contributed by atoms with E-state index in [1.54, 1.807) is 12.1 Å². The van der Waals surface area contributed by atoms with Crippen molar-refractivity contribution < 1.29 is 4.92 Å². The summed E-state index contributed by atoms with van der Waals surface area (Å²) in [6, 6.07) is 5.97. The molecular weight excluding hydrogens is 322 g/mol. The van der Waals surface area contributed by atoms with Crippen molar-refractivity contribution in [2.24, 2.45) is 0 Å². The number of nitrogens with zero attached hydrogens (tertiary/aromatic N) is 3. The average molecular weight is 342 g/mol. The van der Waals surface area contributed by atoms with Crippen molar-refractivity contribution >= 4 is 21.6 Å². The van der Waals surface area contributed by atoms with Crippen LogP contribution < -0.4 is 0 Å². The van der Waals surface area contributed by atoms with E-state index in [1.807, 2.05) is 6.07 Å². The number of likely N-dealkylation sites (tertiary alicyclic amines) is 1. The minimum atomic E-state index is -0.341. The molecule has 0 bridgehead atoms.